The molecule has 1 aromatic rings. The minimum Gasteiger partial charge on any atom is -0.482 e. The molecule has 20 heavy (non-hydrogen) atoms. The Morgan fingerprint density at radius 2 is 2.20 bits per heavy atom. The highest BCUT2D eigenvalue weighted by Gasteiger charge is 2.27. The second-order valence-corrected chi connectivity index (χ2v) is 5.29. The molecule has 1 amide bonds. The van der Waals surface area contributed by atoms with Gasteiger partial charge in [0.2, 0.25) is 0 Å². The summed E-state index contributed by atoms with van der Waals surface area (Å²) in [4.78, 5) is 23.7. The second kappa shape index (κ2) is 5.42. The van der Waals surface area contributed by atoms with Crippen molar-refractivity contribution in [1.29, 1.82) is 0 Å². The van der Waals surface area contributed by atoms with Crippen LogP contribution < -0.4 is 10.1 Å². The van der Waals surface area contributed by atoms with Crippen molar-refractivity contribution >= 4 is 29.0 Å². The van der Waals surface area contributed by atoms with E-state index in [-0.39, 0.29) is 18.3 Å². The third-order valence-corrected chi connectivity index (χ3v) is 3.75. The lowest BCUT2D eigenvalue weighted by Gasteiger charge is -2.23. The number of carbonyl (C=O) groups is 2. The van der Waals surface area contributed by atoms with E-state index in [9.17, 15) is 9.59 Å². The molecule has 2 aliphatic heterocycles. The van der Waals surface area contributed by atoms with E-state index in [0.717, 1.165) is 12.8 Å². The van der Waals surface area contributed by atoms with Gasteiger partial charge >= 0.3 is 0 Å². The minimum atomic E-state index is -0.433. The van der Waals surface area contributed by atoms with Gasteiger partial charge in [0.1, 0.15) is 11.9 Å². The Bertz CT molecular complexity index is 567. The van der Waals surface area contributed by atoms with E-state index in [0.29, 0.717) is 35.1 Å². The van der Waals surface area contributed by atoms with Crippen molar-refractivity contribution in [2.24, 2.45) is 0 Å². The van der Waals surface area contributed by atoms with E-state index >= 15 is 0 Å². The Morgan fingerprint density at radius 1 is 1.35 bits per heavy atom. The van der Waals surface area contributed by atoms with Gasteiger partial charge in [0.25, 0.3) is 5.91 Å². The van der Waals surface area contributed by atoms with E-state index in [1.54, 1.807) is 12.1 Å². The van der Waals surface area contributed by atoms with Crippen LogP contribution in [0.1, 0.15) is 29.6 Å². The lowest BCUT2D eigenvalue weighted by Crippen LogP contribution is -2.29. The summed E-state index contributed by atoms with van der Waals surface area (Å²) in [5.41, 5.74) is 0.876. The highest BCUT2D eigenvalue weighted by atomic mass is 35.5. The van der Waals surface area contributed by atoms with Crippen molar-refractivity contribution in [3.8, 4) is 5.75 Å². The average Bonchev–Trinajstić information content (AvgIpc) is 2.46. The molecule has 0 bridgehead atoms. The first kappa shape index (κ1) is 13.4. The zero-order valence-corrected chi connectivity index (χ0v) is 11.5. The molecule has 2 heterocycles. The van der Waals surface area contributed by atoms with Crippen LogP contribution in [0.4, 0.5) is 5.69 Å². The number of benzene rings is 1. The average molecular weight is 296 g/mol. The molecule has 2 aliphatic rings. The maximum absolute atomic E-state index is 12.4. The smallest absolute Gasteiger partial charge is 0.262 e. The molecule has 1 fully saturated rings. The van der Waals surface area contributed by atoms with E-state index in [1.807, 2.05) is 0 Å². The highest BCUT2D eigenvalue weighted by Crippen LogP contribution is 2.34. The molecule has 0 aromatic heterocycles. The molecular weight excluding hydrogens is 282 g/mol. The third-order valence-electron chi connectivity index (χ3n) is 3.44. The minimum absolute atomic E-state index is 0.0534. The van der Waals surface area contributed by atoms with Crippen LogP contribution in [0.15, 0.2) is 12.1 Å². The van der Waals surface area contributed by atoms with E-state index in [4.69, 9.17) is 21.1 Å². The lowest BCUT2D eigenvalue weighted by atomic mass is 9.99. The van der Waals surface area contributed by atoms with Gasteiger partial charge in [-0.1, -0.05) is 11.6 Å². The fourth-order valence-corrected chi connectivity index (χ4v) is 2.67. The number of halogens is 1. The Balaban J connectivity index is 1.89. The van der Waals surface area contributed by atoms with Gasteiger partial charge in [-0.05, 0) is 31.4 Å². The summed E-state index contributed by atoms with van der Waals surface area (Å²) in [7, 11) is 0. The fraction of sp³-hybridized carbons (Fsp3) is 0.429. The predicted molar refractivity (Wildman–Crippen MR) is 73.5 cm³/mol. The molecule has 6 heteroatoms. The Morgan fingerprint density at radius 3 is 2.95 bits per heavy atom. The molecule has 1 unspecified atom stereocenters. The van der Waals surface area contributed by atoms with E-state index in [1.165, 1.54) is 0 Å². The molecule has 0 spiro atoms. The number of rotatable bonds is 2. The molecule has 0 radical (unpaired) electrons. The molecule has 1 atom stereocenters. The molecule has 0 saturated carbocycles. The van der Waals surface area contributed by atoms with Crippen LogP contribution in [0.3, 0.4) is 0 Å². The van der Waals surface area contributed by atoms with Crippen LogP contribution in [0.25, 0.3) is 0 Å². The quantitative estimate of drug-likeness (QED) is 0.851. The van der Waals surface area contributed by atoms with Gasteiger partial charge in [0.15, 0.2) is 12.4 Å². The van der Waals surface area contributed by atoms with Gasteiger partial charge in [0, 0.05) is 12.2 Å². The van der Waals surface area contributed by atoms with Crippen molar-refractivity contribution in [3.05, 3.63) is 22.7 Å². The highest BCUT2D eigenvalue weighted by molar-refractivity contribution is 6.34. The zero-order valence-electron chi connectivity index (χ0n) is 10.8. The Hall–Kier alpha value is -1.59. The molecule has 1 N–H and O–H groups in total. The lowest BCUT2D eigenvalue weighted by molar-refractivity contribution is -0.118. The number of hydrogen-bond donors (Lipinski definition) is 1. The molecule has 1 aromatic carbocycles. The van der Waals surface area contributed by atoms with Crippen LogP contribution >= 0.6 is 11.6 Å². The Labute approximate surface area is 121 Å². The van der Waals surface area contributed by atoms with Crippen molar-refractivity contribution in [1.82, 2.24) is 0 Å². The summed E-state index contributed by atoms with van der Waals surface area (Å²) in [6, 6.07) is 3.13. The summed E-state index contributed by atoms with van der Waals surface area (Å²) in [5, 5.41) is 2.96. The summed E-state index contributed by atoms with van der Waals surface area (Å²) < 4.78 is 10.8. The number of ether oxygens (including phenoxy) is 2. The first-order chi connectivity index (χ1) is 9.65. The van der Waals surface area contributed by atoms with Crippen LogP contribution in [-0.2, 0) is 9.53 Å². The Kier molecular flexibility index (Phi) is 3.63. The molecule has 106 valence electrons. The molecule has 1 saturated heterocycles. The maximum Gasteiger partial charge on any atom is 0.262 e. The van der Waals surface area contributed by atoms with Crippen molar-refractivity contribution in [3.63, 3.8) is 0 Å². The van der Waals surface area contributed by atoms with Gasteiger partial charge in [-0.15, -0.1) is 0 Å². The van der Waals surface area contributed by atoms with Crippen LogP contribution in [0, 0.1) is 0 Å². The maximum atomic E-state index is 12.4. The first-order valence-electron chi connectivity index (χ1n) is 6.57. The molecular formula is C14H14ClNO4. The molecule has 0 aliphatic carbocycles. The van der Waals surface area contributed by atoms with E-state index < -0.39 is 6.10 Å². The summed E-state index contributed by atoms with van der Waals surface area (Å²) in [5.74, 6) is 0.106. The van der Waals surface area contributed by atoms with Crippen molar-refractivity contribution in [2.75, 3.05) is 18.5 Å². The normalized spacial score (nSPS) is 21.6. The molecule has 5 nitrogen and oxygen atoms in total. The third kappa shape index (κ3) is 2.51. The van der Waals surface area contributed by atoms with Gasteiger partial charge in [-0.25, -0.2) is 0 Å². The number of hydrogen-bond acceptors (Lipinski definition) is 4. The predicted octanol–water partition coefficient (Wildman–Crippen LogP) is 2.42. The topological polar surface area (TPSA) is 64.6 Å². The molecule has 3 rings (SSSR count). The standard InChI is InChI=1S/C14H14ClNO4/c15-9-6-10-12(20-7-13(17)16-10)5-8(9)14(18)11-3-1-2-4-19-11/h5-6,11H,1-4,7H2,(H,16,17). The number of anilines is 1. The fourth-order valence-electron chi connectivity index (χ4n) is 2.41. The number of amides is 1. The summed E-state index contributed by atoms with van der Waals surface area (Å²) in [6.45, 7) is 0.549. The number of carbonyl (C=O) groups excluding carboxylic acids is 2. The summed E-state index contributed by atoms with van der Waals surface area (Å²) >= 11 is 6.14. The van der Waals surface area contributed by atoms with Crippen molar-refractivity contribution < 1.29 is 19.1 Å². The van der Waals surface area contributed by atoms with E-state index in [2.05, 4.69) is 5.32 Å². The number of fused-ring (bicyclic) bond motifs is 1. The SMILES string of the molecule is O=C1COc2cc(C(=O)C3CCCCO3)c(Cl)cc2N1. The zero-order chi connectivity index (χ0) is 14.1. The number of ketones is 1. The van der Waals surface area contributed by atoms with Crippen LogP contribution in [0.5, 0.6) is 5.75 Å². The van der Waals surface area contributed by atoms with Gasteiger partial charge in [-0.3, -0.25) is 9.59 Å². The van der Waals surface area contributed by atoms with Gasteiger partial charge < -0.3 is 14.8 Å². The largest absolute Gasteiger partial charge is 0.482 e. The monoisotopic (exact) mass is 295 g/mol. The second-order valence-electron chi connectivity index (χ2n) is 4.88. The van der Waals surface area contributed by atoms with Gasteiger partial charge in [0.05, 0.1) is 10.7 Å². The summed E-state index contributed by atoms with van der Waals surface area (Å²) in [6.07, 6.45) is 2.24. The number of Topliss-reactive ketones (excluding diaryl/α,β-unsaturated/α-hetero) is 1. The first-order valence-corrected chi connectivity index (χ1v) is 6.95. The van der Waals surface area contributed by atoms with Crippen molar-refractivity contribution in [2.45, 2.75) is 25.4 Å². The number of nitrogens with one attached hydrogen (secondary N) is 1. The van der Waals surface area contributed by atoms with Crippen LogP contribution in [0.2, 0.25) is 5.02 Å². The van der Waals surface area contributed by atoms with Gasteiger partial charge in [-0.2, -0.15) is 0 Å². The van der Waals surface area contributed by atoms with Crippen LogP contribution in [-0.4, -0.2) is 31.0 Å².